The van der Waals surface area contributed by atoms with Crippen molar-refractivity contribution in [1.29, 1.82) is 0 Å². The summed E-state index contributed by atoms with van der Waals surface area (Å²) in [5.41, 5.74) is 2.99. The molecule has 1 N–H and O–H groups in total. The molecule has 1 aromatic carbocycles. The molecule has 0 aromatic heterocycles. The van der Waals surface area contributed by atoms with Crippen LogP contribution in [0.15, 0.2) is 24.3 Å². The Labute approximate surface area is 155 Å². The normalized spacial score (nSPS) is 28.2. The van der Waals surface area contributed by atoms with Crippen molar-refractivity contribution in [3.05, 3.63) is 35.4 Å². The first kappa shape index (κ1) is 18.0. The van der Waals surface area contributed by atoms with E-state index in [9.17, 15) is 9.90 Å². The zero-order valence-electron chi connectivity index (χ0n) is 15.5. The molecule has 0 saturated carbocycles. The lowest BCUT2D eigenvalue weighted by Gasteiger charge is -2.46. The highest BCUT2D eigenvalue weighted by molar-refractivity contribution is 5.66. The van der Waals surface area contributed by atoms with Crippen molar-refractivity contribution in [3.63, 3.8) is 0 Å². The van der Waals surface area contributed by atoms with Crippen LogP contribution in [-0.2, 0) is 22.4 Å². The van der Waals surface area contributed by atoms with Crippen LogP contribution in [0, 0.1) is 5.92 Å². The molecule has 2 heterocycles. The number of fused-ring (bicyclic) bond motifs is 1. The fourth-order valence-corrected chi connectivity index (χ4v) is 5.16. The van der Waals surface area contributed by atoms with Gasteiger partial charge in [0.25, 0.3) is 0 Å². The van der Waals surface area contributed by atoms with Crippen molar-refractivity contribution in [1.82, 2.24) is 9.80 Å². The van der Waals surface area contributed by atoms with Gasteiger partial charge in [0.05, 0.1) is 13.2 Å². The fraction of sp³-hybridized carbons (Fsp3) is 0.667. The third-order valence-electron chi connectivity index (χ3n) is 6.51. The van der Waals surface area contributed by atoms with Crippen molar-refractivity contribution in [3.8, 4) is 0 Å². The fourth-order valence-electron chi connectivity index (χ4n) is 5.16. The van der Waals surface area contributed by atoms with E-state index in [4.69, 9.17) is 4.74 Å². The summed E-state index contributed by atoms with van der Waals surface area (Å²) >= 11 is 0. The second-order valence-electron chi connectivity index (χ2n) is 8.02. The number of likely N-dealkylation sites (tertiary alicyclic amines) is 1. The molecule has 4 rings (SSSR count). The first-order valence-electron chi connectivity index (χ1n) is 10.0. The van der Waals surface area contributed by atoms with E-state index in [0.717, 1.165) is 65.1 Å². The van der Waals surface area contributed by atoms with Crippen molar-refractivity contribution < 1.29 is 14.6 Å². The highest BCUT2D eigenvalue weighted by atomic mass is 16.5. The van der Waals surface area contributed by atoms with Crippen molar-refractivity contribution in [2.24, 2.45) is 5.92 Å². The van der Waals surface area contributed by atoms with E-state index in [1.807, 2.05) is 0 Å². The van der Waals surface area contributed by atoms with Crippen LogP contribution in [0.5, 0.6) is 0 Å². The van der Waals surface area contributed by atoms with Crippen molar-refractivity contribution in [2.75, 3.05) is 39.4 Å². The lowest BCUT2D eigenvalue weighted by molar-refractivity contribution is -0.137. The van der Waals surface area contributed by atoms with Crippen LogP contribution < -0.4 is 0 Å². The lowest BCUT2D eigenvalue weighted by atomic mass is 9.86. The standard InChI is InChI=1S/C21H30N2O3/c24-21(25)6-5-18-15-23(8-7-20(18)22-9-11-26-12-10-22)19-13-16-3-1-2-4-17(16)14-19/h1-4,18-20H,5-15H2,(H,24,25)/t18-,20+/m1/s1. The van der Waals surface area contributed by atoms with Crippen LogP contribution in [0.4, 0.5) is 0 Å². The van der Waals surface area contributed by atoms with Crippen LogP contribution in [0.1, 0.15) is 30.4 Å². The largest absolute Gasteiger partial charge is 0.481 e. The Kier molecular flexibility index (Phi) is 5.57. The van der Waals surface area contributed by atoms with Gasteiger partial charge in [-0.3, -0.25) is 14.6 Å². The van der Waals surface area contributed by atoms with Gasteiger partial charge in [0.1, 0.15) is 0 Å². The summed E-state index contributed by atoms with van der Waals surface area (Å²) in [7, 11) is 0. The Balaban J connectivity index is 1.42. The number of hydrogen-bond acceptors (Lipinski definition) is 4. The Morgan fingerprint density at radius 2 is 1.77 bits per heavy atom. The second-order valence-corrected chi connectivity index (χ2v) is 8.02. The predicted octanol–water partition coefficient (Wildman–Crippen LogP) is 2.04. The van der Waals surface area contributed by atoms with Gasteiger partial charge >= 0.3 is 5.97 Å². The molecule has 2 saturated heterocycles. The minimum absolute atomic E-state index is 0.282. The number of benzene rings is 1. The van der Waals surface area contributed by atoms with Gasteiger partial charge in [-0.25, -0.2) is 0 Å². The highest BCUT2D eigenvalue weighted by Crippen LogP contribution is 2.32. The number of nitrogens with zero attached hydrogens (tertiary/aromatic N) is 2. The molecule has 1 aliphatic carbocycles. The molecule has 0 amide bonds. The summed E-state index contributed by atoms with van der Waals surface area (Å²) in [4.78, 5) is 16.4. The molecule has 142 valence electrons. The summed E-state index contributed by atoms with van der Waals surface area (Å²) < 4.78 is 5.52. The van der Waals surface area contributed by atoms with Crippen molar-refractivity contribution in [2.45, 2.75) is 44.2 Å². The zero-order valence-corrected chi connectivity index (χ0v) is 15.5. The average Bonchev–Trinajstić information content (AvgIpc) is 3.11. The van der Waals surface area contributed by atoms with Gasteiger partial charge in [-0.2, -0.15) is 0 Å². The number of carbonyl (C=O) groups is 1. The monoisotopic (exact) mass is 358 g/mol. The molecular weight excluding hydrogens is 328 g/mol. The van der Waals surface area contributed by atoms with E-state index in [1.165, 1.54) is 11.1 Å². The SMILES string of the molecule is O=C(O)CC[C@@H]1CN(C2Cc3ccccc3C2)CC[C@@H]1N1CCOCC1. The molecule has 2 aliphatic heterocycles. The van der Waals surface area contributed by atoms with Crippen LogP contribution in [0.25, 0.3) is 0 Å². The minimum atomic E-state index is -0.670. The van der Waals surface area contributed by atoms with Gasteiger partial charge in [0.2, 0.25) is 0 Å². The predicted molar refractivity (Wildman–Crippen MR) is 100 cm³/mol. The van der Waals surface area contributed by atoms with E-state index in [2.05, 4.69) is 34.1 Å². The molecule has 26 heavy (non-hydrogen) atoms. The van der Waals surface area contributed by atoms with Crippen LogP contribution >= 0.6 is 0 Å². The Hall–Kier alpha value is -1.43. The average molecular weight is 358 g/mol. The summed E-state index contributed by atoms with van der Waals surface area (Å²) in [6.45, 7) is 5.76. The van der Waals surface area contributed by atoms with Crippen LogP contribution in [0.2, 0.25) is 0 Å². The summed E-state index contributed by atoms with van der Waals surface area (Å²) in [6, 6.07) is 9.90. The van der Waals surface area contributed by atoms with Crippen LogP contribution in [-0.4, -0.2) is 72.4 Å². The quantitative estimate of drug-likeness (QED) is 0.873. The van der Waals surface area contributed by atoms with E-state index >= 15 is 0 Å². The Morgan fingerprint density at radius 3 is 2.42 bits per heavy atom. The van der Waals surface area contributed by atoms with Gasteiger partial charge in [-0.05, 0) is 49.3 Å². The Morgan fingerprint density at radius 1 is 1.08 bits per heavy atom. The molecule has 0 radical (unpaired) electrons. The molecule has 0 bridgehead atoms. The zero-order chi connectivity index (χ0) is 17.9. The molecule has 5 heteroatoms. The number of ether oxygens (including phenoxy) is 1. The van der Waals surface area contributed by atoms with Gasteiger partial charge in [0, 0.05) is 38.1 Å². The van der Waals surface area contributed by atoms with Gasteiger partial charge in [-0.1, -0.05) is 24.3 Å². The first-order chi connectivity index (χ1) is 12.7. The number of morpholine rings is 1. The van der Waals surface area contributed by atoms with Crippen molar-refractivity contribution >= 4 is 5.97 Å². The molecular formula is C21H30N2O3. The van der Waals surface area contributed by atoms with Gasteiger partial charge in [0.15, 0.2) is 0 Å². The summed E-state index contributed by atoms with van der Waals surface area (Å²) in [6.07, 6.45) is 4.50. The van der Waals surface area contributed by atoms with E-state index in [1.54, 1.807) is 0 Å². The summed E-state index contributed by atoms with van der Waals surface area (Å²) in [5.74, 6) is -0.224. The third kappa shape index (κ3) is 3.95. The van der Waals surface area contributed by atoms with Crippen LogP contribution in [0.3, 0.4) is 0 Å². The molecule has 5 nitrogen and oxygen atoms in total. The maximum Gasteiger partial charge on any atom is 0.303 e. The molecule has 0 spiro atoms. The first-order valence-corrected chi connectivity index (χ1v) is 10.0. The number of aliphatic carboxylic acids is 1. The lowest BCUT2D eigenvalue weighted by Crippen LogP contribution is -2.56. The third-order valence-corrected chi connectivity index (χ3v) is 6.51. The smallest absolute Gasteiger partial charge is 0.303 e. The molecule has 2 atom stereocenters. The van der Waals surface area contributed by atoms with E-state index in [-0.39, 0.29) is 6.42 Å². The molecule has 0 unspecified atom stereocenters. The minimum Gasteiger partial charge on any atom is -0.481 e. The molecule has 1 aromatic rings. The maximum atomic E-state index is 11.2. The Bertz CT molecular complexity index is 604. The number of hydrogen-bond donors (Lipinski definition) is 1. The summed E-state index contributed by atoms with van der Waals surface area (Å²) in [5, 5.41) is 9.19. The number of carboxylic acids is 1. The van der Waals surface area contributed by atoms with Gasteiger partial charge < -0.3 is 9.84 Å². The number of rotatable bonds is 5. The van der Waals surface area contributed by atoms with Gasteiger partial charge in [-0.15, -0.1) is 0 Å². The number of piperidine rings is 1. The topological polar surface area (TPSA) is 53.0 Å². The van der Waals surface area contributed by atoms with E-state index < -0.39 is 5.97 Å². The molecule has 2 fully saturated rings. The highest BCUT2D eigenvalue weighted by Gasteiger charge is 2.37. The number of carboxylic acid groups (broad SMARTS) is 1. The maximum absolute atomic E-state index is 11.2. The molecule has 3 aliphatic rings. The second kappa shape index (κ2) is 8.07. The van der Waals surface area contributed by atoms with E-state index in [0.29, 0.717) is 18.0 Å².